The summed E-state index contributed by atoms with van der Waals surface area (Å²) in [6, 6.07) is 0.356. The fourth-order valence-corrected chi connectivity index (χ4v) is 1.75. The van der Waals surface area contributed by atoms with E-state index < -0.39 is 0 Å². The summed E-state index contributed by atoms with van der Waals surface area (Å²) < 4.78 is 2.00. The van der Waals surface area contributed by atoms with Crippen LogP contribution in [0.25, 0.3) is 5.65 Å². The van der Waals surface area contributed by atoms with Gasteiger partial charge >= 0.3 is 0 Å². The van der Waals surface area contributed by atoms with Crippen LogP contribution in [-0.4, -0.2) is 27.0 Å². The number of hydrogen-bond donors (Lipinski definition) is 2. The molecule has 104 valence electrons. The maximum Gasteiger partial charge on any atom is 0.180 e. The van der Waals surface area contributed by atoms with E-state index in [1.165, 1.54) is 0 Å². The Morgan fingerprint density at radius 2 is 2.11 bits per heavy atom. The molecule has 0 saturated heterocycles. The Morgan fingerprint density at radius 1 is 1.32 bits per heavy atom. The molecule has 0 bridgehead atoms. The smallest absolute Gasteiger partial charge is 0.180 e. The maximum absolute atomic E-state index is 4.63. The Morgan fingerprint density at radius 3 is 2.79 bits per heavy atom. The summed E-state index contributed by atoms with van der Waals surface area (Å²) >= 11 is 0. The van der Waals surface area contributed by atoms with E-state index in [9.17, 15) is 0 Å². The third-order valence-corrected chi connectivity index (χ3v) is 3.29. The van der Waals surface area contributed by atoms with Gasteiger partial charge in [0.05, 0.1) is 6.20 Å². The Bertz CT molecular complexity index is 532. The Hall–Kier alpha value is -1.78. The number of nitrogens with zero attached hydrogens (tertiary/aromatic N) is 3. The summed E-state index contributed by atoms with van der Waals surface area (Å²) in [6.45, 7) is 9.62. The van der Waals surface area contributed by atoms with Crippen LogP contribution in [0.2, 0.25) is 0 Å². The molecule has 1 atom stereocenters. The normalized spacial score (nSPS) is 12.9. The van der Waals surface area contributed by atoms with Crippen molar-refractivity contribution in [1.29, 1.82) is 0 Å². The van der Waals surface area contributed by atoms with Gasteiger partial charge in [0.25, 0.3) is 0 Å². The zero-order chi connectivity index (χ0) is 13.8. The molecule has 2 rings (SSSR count). The van der Waals surface area contributed by atoms with E-state index in [4.69, 9.17) is 0 Å². The Labute approximate surface area is 114 Å². The molecular weight excluding hydrogens is 238 g/mol. The predicted molar refractivity (Wildman–Crippen MR) is 79.7 cm³/mol. The van der Waals surface area contributed by atoms with E-state index in [2.05, 4.69) is 48.3 Å². The second-order valence-corrected chi connectivity index (χ2v) is 5.24. The van der Waals surface area contributed by atoms with Gasteiger partial charge in [-0.15, -0.1) is 0 Å². The van der Waals surface area contributed by atoms with Crippen LogP contribution in [0.1, 0.15) is 34.1 Å². The monoisotopic (exact) mass is 261 g/mol. The van der Waals surface area contributed by atoms with E-state index in [0.29, 0.717) is 12.0 Å². The van der Waals surface area contributed by atoms with Gasteiger partial charge in [0.2, 0.25) is 0 Å². The standard InChI is InChI=1S/C14H23N5/c1-5-6-15-12-9-19-8-7-16-14(19)13(18-12)17-11(4)10(2)3/h7-11,15H,5-6H2,1-4H3,(H,17,18). The van der Waals surface area contributed by atoms with Crippen molar-refractivity contribution in [1.82, 2.24) is 14.4 Å². The van der Waals surface area contributed by atoms with Crippen LogP contribution in [0, 0.1) is 5.92 Å². The lowest BCUT2D eigenvalue weighted by molar-refractivity contribution is 0.558. The van der Waals surface area contributed by atoms with Crippen molar-refractivity contribution in [2.45, 2.75) is 40.2 Å². The zero-order valence-corrected chi connectivity index (χ0v) is 12.1. The minimum atomic E-state index is 0.356. The molecular formula is C14H23N5. The highest BCUT2D eigenvalue weighted by Gasteiger charge is 2.12. The first-order chi connectivity index (χ1) is 9.11. The van der Waals surface area contributed by atoms with Crippen molar-refractivity contribution in [2.24, 2.45) is 5.92 Å². The highest BCUT2D eigenvalue weighted by molar-refractivity contribution is 5.65. The molecule has 5 nitrogen and oxygen atoms in total. The van der Waals surface area contributed by atoms with Crippen molar-refractivity contribution in [3.8, 4) is 0 Å². The molecule has 2 aromatic heterocycles. The maximum atomic E-state index is 4.63. The van der Waals surface area contributed by atoms with Crippen molar-refractivity contribution in [2.75, 3.05) is 17.2 Å². The van der Waals surface area contributed by atoms with Gasteiger partial charge in [-0.05, 0) is 19.3 Å². The average molecular weight is 261 g/mol. The van der Waals surface area contributed by atoms with Gasteiger partial charge in [0, 0.05) is 25.0 Å². The molecule has 0 aromatic carbocycles. The summed E-state index contributed by atoms with van der Waals surface area (Å²) in [4.78, 5) is 8.99. The van der Waals surface area contributed by atoms with Crippen LogP contribution < -0.4 is 10.6 Å². The van der Waals surface area contributed by atoms with Crippen molar-refractivity contribution in [3.63, 3.8) is 0 Å². The summed E-state index contributed by atoms with van der Waals surface area (Å²) in [5.41, 5.74) is 0.870. The van der Waals surface area contributed by atoms with Crippen LogP contribution in [-0.2, 0) is 0 Å². The van der Waals surface area contributed by atoms with E-state index in [-0.39, 0.29) is 0 Å². The average Bonchev–Trinajstić information content (AvgIpc) is 2.84. The van der Waals surface area contributed by atoms with Gasteiger partial charge in [-0.2, -0.15) is 0 Å². The lowest BCUT2D eigenvalue weighted by Gasteiger charge is -2.19. The highest BCUT2D eigenvalue weighted by Crippen LogP contribution is 2.18. The molecule has 0 radical (unpaired) electrons. The molecule has 0 saturated carbocycles. The quantitative estimate of drug-likeness (QED) is 0.839. The fraction of sp³-hybridized carbons (Fsp3) is 0.571. The van der Waals surface area contributed by atoms with Crippen molar-refractivity contribution < 1.29 is 0 Å². The first-order valence-corrected chi connectivity index (χ1v) is 6.96. The lowest BCUT2D eigenvalue weighted by atomic mass is 10.1. The second-order valence-electron chi connectivity index (χ2n) is 5.24. The Balaban J connectivity index is 2.31. The van der Waals surface area contributed by atoms with E-state index in [1.807, 2.05) is 16.8 Å². The number of hydrogen-bond acceptors (Lipinski definition) is 4. The molecule has 2 heterocycles. The van der Waals surface area contributed by atoms with E-state index >= 15 is 0 Å². The molecule has 0 spiro atoms. The summed E-state index contributed by atoms with van der Waals surface area (Å²) in [7, 11) is 0. The van der Waals surface area contributed by atoms with Crippen LogP contribution in [0.5, 0.6) is 0 Å². The van der Waals surface area contributed by atoms with Gasteiger partial charge in [0.15, 0.2) is 11.5 Å². The van der Waals surface area contributed by atoms with E-state index in [0.717, 1.165) is 30.2 Å². The third-order valence-electron chi connectivity index (χ3n) is 3.29. The SMILES string of the molecule is CCCNc1cn2ccnc2c(NC(C)C(C)C)n1. The number of nitrogens with one attached hydrogen (secondary N) is 2. The summed E-state index contributed by atoms with van der Waals surface area (Å²) in [5, 5.41) is 6.77. The largest absolute Gasteiger partial charge is 0.369 e. The number of imidazole rings is 1. The highest BCUT2D eigenvalue weighted by atomic mass is 15.1. The molecule has 0 aliphatic heterocycles. The predicted octanol–water partition coefficient (Wildman–Crippen LogP) is 3.01. The first kappa shape index (κ1) is 13.6. The topological polar surface area (TPSA) is 54.2 Å². The van der Waals surface area contributed by atoms with Crippen LogP contribution in [0.3, 0.4) is 0 Å². The van der Waals surface area contributed by atoms with E-state index in [1.54, 1.807) is 6.20 Å². The molecule has 2 aromatic rings. The molecule has 1 unspecified atom stereocenters. The minimum absolute atomic E-state index is 0.356. The molecule has 0 amide bonds. The molecule has 19 heavy (non-hydrogen) atoms. The molecule has 5 heteroatoms. The van der Waals surface area contributed by atoms with Crippen LogP contribution in [0.15, 0.2) is 18.6 Å². The van der Waals surface area contributed by atoms with Gasteiger partial charge in [0.1, 0.15) is 5.82 Å². The second kappa shape index (κ2) is 5.91. The van der Waals surface area contributed by atoms with Gasteiger partial charge < -0.3 is 15.0 Å². The number of aromatic nitrogens is 3. The number of rotatable bonds is 6. The third kappa shape index (κ3) is 3.16. The van der Waals surface area contributed by atoms with Crippen molar-refractivity contribution >= 4 is 17.3 Å². The fourth-order valence-electron chi connectivity index (χ4n) is 1.75. The Kier molecular flexibility index (Phi) is 4.24. The molecule has 0 fully saturated rings. The van der Waals surface area contributed by atoms with Gasteiger partial charge in [-0.1, -0.05) is 20.8 Å². The number of fused-ring (bicyclic) bond motifs is 1. The molecule has 2 N–H and O–H groups in total. The number of anilines is 2. The lowest BCUT2D eigenvalue weighted by Crippen LogP contribution is -2.23. The van der Waals surface area contributed by atoms with Crippen LogP contribution in [0.4, 0.5) is 11.6 Å². The van der Waals surface area contributed by atoms with Crippen molar-refractivity contribution in [3.05, 3.63) is 18.6 Å². The first-order valence-electron chi connectivity index (χ1n) is 6.96. The van der Waals surface area contributed by atoms with Crippen LogP contribution >= 0.6 is 0 Å². The summed E-state index contributed by atoms with van der Waals surface area (Å²) in [5.74, 6) is 2.27. The minimum Gasteiger partial charge on any atom is -0.369 e. The zero-order valence-electron chi connectivity index (χ0n) is 12.1. The van der Waals surface area contributed by atoms with Gasteiger partial charge in [-0.3, -0.25) is 0 Å². The molecule has 0 aliphatic carbocycles. The van der Waals surface area contributed by atoms with Gasteiger partial charge in [-0.25, -0.2) is 9.97 Å². The summed E-state index contributed by atoms with van der Waals surface area (Å²) in [6.07, 6.45) is 6.79. The molecule has 0 aliphatic rings.